The summed E-state index contributed by atoms with van der Waals surface area (Å²) in [5.41, 5.74) is -0.860. The van der Waals surface area contributed by atoms with Gasteiger partial charge in [-0.1, -0.05) is 26.8 Å². The monoisotopic (exact) mass is 224 g/mol. The van der Waals surface area contributed by atoms with Gasteiger partial charge in [-0.05, 0) is 32.1 Å². The van der Waals surface area contributed by atoms with E-state index in [2.05, 4.69) is 20.4 Å². The van der Waals surface area contributed by atoms with Crippen LogP contribution in [-0.2, 0) is 9.59 Å². The first kappa shape index (κ1) is 15.1. The SMILES string of the molecule is C=CCC(C)C(C)C(C)C(=O)C(C)(C)C=O. The maximum absolute atomic E-state index is 12.1. The molecule has 0 radical (unpaired) electrons. The standard InChI is InChI=1S/C14H24O2/c1-7-8-10(2)11(3)12(4)13(16)14(5,6)9-15/h7,9-12H,1,8H2,2-6H3. The van der Waals surface area contributed by atoms with Gasteiger partial charge in [0.25, 0.3) is 0 Å². The van der Waals surface area contributed by atoms with E-state index >= 15 is 0 Å². The van der Waals surface area contributed by atoms with E-state index in [0.29, 0.717) is 5.92 Å². The van der Waals surface area contributed by atoms with Crippen molar-refractivity contribution >= 4 is 12.1 Å². The van der Waals surface area contributed by atoms with Crippen LogP contribution in [0.3, 0.4) is 0 Å². The third-order valence-electron chi connectivity index (χ3n) is 3.57. The number of rotatable bonds is 7. The predicted molar refractivity (Wildman–Crippen MR) is 67.2 cm³/mol. The van der Waals surface area contributed by atoms with Crippen molar-refractivity contribution in [2.75, 3.05) is 0 Å². The molecule has 3 atom stereocenters. The Labute approximate surface area is 99.1 Å². The summed E-state index contributed by atoms with van der Waals surface area (Å²) in [7, 11) is 0. The zero-order valence-electron chi connectivity index (χ0n) is 11.1. The summed E-state index contributed by atoms with van der Waals surface area (Å²) >= 11 is 0. The van der Waals surface area contributed by atoms with Crippen LogP contribution in [0.25, 0.3) is 0 Å². The summed E-state index contributed by atoms with van der Waals surface area (Å²) in [4.78, 5) is 22.9. The summed E-state index contributed by atoms with van der Waals surface area (Å²) in [6.45, 7) is 13.2. The number of allylic oxidation sites excluding steroid dienone is 1. The Balaban J connectivity index is 4.66. The predicted octanol–water partition coefficient (Wildman–Crippen LogP) is 3.27. The summed E-state index contributed by atoms with van der Waals surface area (Å²) in [5.74, 6) is 0.629. The molecule has 0 aromatic heterocycles. The number of ketones is 1. The largest absolute Gasteiger partial charge is 0.302 e. The minimum atomic E-state index is -0.860. The number of hydrogen-bond acceptors (Lipinski definition) is 2. The molecular weight excluding hydrogens is 200 g/mol. The molecule has 0 aliphatic carbocycles. The molecule has 0 saturated heterocycles. The lowest BCUT2D eigenvalue weighted by Gasteiger charge is -2.28. The van der Waals surface area contributed by atoms with Crippen LogP contribution in [0, 0.1) is 23.2 Å². The van der Waals surface area contributed by atoms with Crippen molar-refractivity contribution < 1.29 is 9.59 Å². The van der Waals surface area contributed by atoms with Gasteiger partial charge in [0.1, 0.15) is 12.1 Å². The van der Waals surface area contributed by atoms with E-state index < -0.39 is 5.41 Å². The van der Waals surface area contributed by atoms with Crippen molar-refractivity contribution in [2.45, 2.75) is 41.0 Å². The molecule has 0 aliphatic heterocycles. The Morgan fingerprint density at radius 1 is 1.31 bits per heavy atom. The van der Waals surface area contributed by atoms with Crippen LogP contribution in [0.5, 0.6) is 0 Å². The highest BCUT2D eigenvalue weighted by atomic mass is 16.1. The van der Waals surface area contributed by atoms with Crippen LogP contribution >= 0.6 is 0 Å². The van der Waals surface area contributed by atoms with Crippen molar-refractivity contribution in [1.82, 2.24) is 0 Å². The molecule has 0 heterocycles. The molecule has 0 bridgehead atoms. The first-order valence-electron chi connectivity index (χ1n) is 5.89. The molecule has 0 aromatic carbocycles. The fourth-order valence-corrected chi connectivity index (χ4v) is 1.85. The van der Waals surface area contributed by atoms with Gasteiger partial charge in [-0.25, -0.2) is 0 Å². The molecule has 2 nitrogen and oxygen atoms in total. The zero-order valence-corrected chi connectivity index (χ0v) is 11.1. The normalized spacial score (nSPS) is 17.3. The first-order valence-corrected chi connectivity index (χ1v) is 5.89. The van der Waals surface area contributed by atoms with Crippen LogP contribution in [0.2, 0.25) is 0 Å². The topological polar surface area (TPSA) is 34.1 Å². The zero-order chi connectivity index (χ0) is 12.9. The van der Waals surface area contributed by atoms with E-state index in [1.165, 1.54) is 0 Å². The van der Waals surface area contributed by atoms with Gasteiger partial charge in [-0.15, -0.1) is 6.58 Å². The minimum Gasteiger partial charge on any atom is -0.302 e. The second-order valence-electron chi connectivity index (χ2n) is 5.35. The van der Waals surface area contributed by atoms with Crippen molar-refractivity contribution in [3.05, 3.63) is 12.7 Å². The molecule has 0 N–H and O–H groups in total. The highest BCUT2D eigenvalue weighted by Crippen LogP contribution is 2.29. The third-order valence-corrected chi connectivity index (χ3v) is 3.57. The van der Waals surface area contributed by atoms with Gasteiger partial charge in [-0.3, -0.25) is 4.79 Å². The minimum absolute atomic E-state index is 0.0333. The number of carbonyl (C=O) groups excluding carboxylic acids is 2. The Morgan fingerprint density at radius 2 is 1.81 bits per heavy atom. The highest BCUT2D eigenvalue weighted by Gasteiger charge is 2.34. The number of aldehydes is 1. The van der Waals surface area contributed by atoms with Gasteiger partial charge in [0.2, 0.25) is 0 Å². The van der Waals surface area contributed by atoms with Gasteiger partial charge in [0.15, 0.2) is 0 Å². The van der Waals surface area contributed by atoms with Crippen molar-refractivity contribution in [2.24, 2.45) is 23.2 Å². The van der Waals surface area contributed by atoms with Crippen LogP contribution in [-0.4, -0.2) is 12.1 Å². The fourth-order valence-electron chi connectivity index (χ4n) is 1.85. The van der Waals surface area contributed by atoms with E-state index in [4.69, 9.17) is 0 Å². The molecule has 0 aliphatic rings. The molecule has 92 valence electrons. The lowest BCUT2D eigenvalue weighted by molar-refractivity contribution is -0.137. The van der Waals surface area contributed by atoms with Gasteiger partial charge in [-0.2, -0.15) is 0 Å². The van der Waals surface area contributed by atoms with Crippen molar-refractivity contribution in [3.8, 4) is 0 Å². The summed E-state index contributed by atoms with van der Waals surface area (Å²) in [5, 5.41) is 0. The van der Waals surface area contributed by atoms with Crippen LogP contribution in [0.15, 0.2) is 12.7 Å². The van der Waals surface area contributed by atoms with Gasteiger partial charge in [0, 0.05) is 5.92 Å². The molecule has 2 heteroatoms. The molecule has 0 amide bonds. The van der Waals surface area contributed by atoms with Gasteiger partial charge >= 0.3 is 0 Å². The number of Topliss-reactive ketones (excluding diaryl/α,β-unsaturated/α-hetero) is 1. The first-order chi connectivity index (χ1) is 7.27. The molecule has 3 unspecified atom stereocenters. The number of hydrogen-bond donors (Lipinski definition) is 0. The average molecular weight is 224 g/mol. The number of carbonyl (C=O) groups is 2. The third kappa shape index (κ3) is 3.58. The Kier molecular flexibility index (Phi) is 5.63. The smallest absolute Gasteiger partial charge is 0.148 e. The van der Waals surface area contributed by atoms with E-state index in [-0.39, 0.29) is 17.6 Å². The fraction of sp³-hybridized carbons (Fsp3) is 0.714. The van der Waals surface area contributed by atoms with Crippen LogP contribution < -0.4 is 0 Å². The quantitative estimate of drug-likeness (QED) is 0.378. The van der Waals surface area contributed by atoms with E-state index in [1.807, 2.05) is 13.0 Å². The molecule has 0 fully saturated rings. The van der Waals surface area contributed by atoms with E-state index in [1.54, 1.807) is 13.8 Å². The maximum Gasteiger partial charge on any atom is 0.148 e. The second-order valence-corrected chi connectivity index (χ2v) is 5.35. The van der Waals surface area contributed by atoms with Crippen LogP contribution in [0.4, 0.5) is 0 Å². The summed E-state index contributed by atoms with van der Waals surface area (Å²) in [6.07, 6.45) is 3.53. The Bertz CT molecular complexity index is 266. The molecule has 0 saturated carbocycles. The molecular formula is C14H24O2. The lowest BCUT2D eigenvalue weighted by atomic mass is 9.74. The van der Waals surface area contributed by atoms with Crippen LogP contribution in [0.1, 0.15) is 41.0 Å². The molecule has 0 spiro atoms. The Hall–Kier alpha value is -0.920. The Morgan fingerprint density at radius 3 is 2.19 bits per heavy atom. The lowest BCUT2D eigenvalue weighted by Crippen LogP contribution is -2.35. The molecule has 16 heavy (non-hydrogen) atoms. The van der Waals surface area contributed by atoms with Crippen molar-refractivity contribution in [3.63, 3.8) is 0 Å². The van der Waals surface area contributed by atoms with Gasteiger partial charge in [0.05, 0.1) is 5.41 Å². The highest BCUT2D eigenvalue weighted by molar-refractivity contribution is 5.98. The summed E-state index contributed by atoms with van der Waals surface area (Å²) < 4.78 is 0. The summed E-state index contributed by atoms with van der Waals surface area (Å²) in [6, 6.07) is 0. The maximum atomic E-state index is 12.1. The average Bonchev–Trinajstić information content (AvgIpc) is 2.26. The van der Waals surface area contributed by atoms with Crippen molar-refractivity contribution in [1.29, 1.82) is 0 Å². The molecule has 0 aromatic rings. The van der Waals surface area contributed by atoms with E-state index in [0.717, 1.165) is 12.7 Å². The second kappa shape index (κ2) is 5.97. The van der Waals surface area contributed by atoms with Gasteiger partial charge < -0.3 is 4.79 Å². The molecule has 0 rings (SSSR count). The van der Waals surface area contributed by atoms with E-state index in [9.17, 15) is 9.59 Å².